The molecule has 2 N–H and O–H groups in total. The Kier molecular flexibility index (Phi) is 7.61. The van der Waals surface area contributed by atoms with Crippen molar-refractivity contribution in [2.24, 2.45) is 0 Å². The van der Waals surface area contributed by atoms with Crippen molar-refractivity contribution >= 4 is 16.7 Å². The molecule has 194 valence electrons. The summed E-state index contributed by atoms with van der Waals surface area (Å²) in [6.07, 6.45) is 2.18. The Balaban J connectivity index is 1.67. The summed E-state index contributed by atoms with van der Waals surface area (Å²) < 4.78 is 40.1. The van der Waals surface area contributed by atoms with Crippen LogP contribution < -0.4 is 14.8 Å². The third-order valence-electron chi connectivity index (χ3n) is 6.89. The van der Waals surface area contributed by atoms with Crippen LogP contribution in [0, 0.1) is 6.92 Å². The van der Waals surface area contributed by atoms with Crippen LogP contribution in [0.1, 0.15) is 49.7 Å². The van der Waals surface area contributed by atoms with Crippen LogP contribution in [0.3, 0.4) is 0 Å². The number of ether oxygens (including phenoxy) is 2. The van der Waals surface area contributed by atoms with Crippen molar-refractivity contribution in [3.8, 4) is 11.5 Å². The highest BCUT2D eigenvalue weighted by atomic mass is 19.3. The predicted molar refractivity (Wildman–Crippen MR) is 136 cm³/mol. The van der Waals surface area contributed by atoms with Crippen LogP contribution in [0.5, 0.6) is 11.5 Å². The quantitative estimate of drug-likeness (QED) is 0.425. The average molecular weight is 501 g/mol. The summed E-state index contributed by atoms with van der Waals surface area (Å²) in [7, 11) is 3.71. The second-order valence-corrected chi connectivity index (χ2v) is 9.51. The summed E-state index contributed by atoms with van der Waals surface area (Å²) in [4.78, 5) is 11.5. The highest BCUT2D eigenvalue weighted by molar-refractivity contribution is 5.92. The molecule has 3 atom stereocenters. The number of hydrogen-bond donors (Lipinski definition) is 2. The minimum absolute atomic E-state index is 0.0403. The van der Waals surface area contributed by atoms with E-state index in [-0.39, 0.29) is 17.7 Å². The number of nitrogens with one attached hydrogen (secondary N) is 1. The largest absolute Gasteiger partial charge is 0.493 e. The topological polar surface area (TPSA) is 79.7 Å². The lowest BCUT2D eigenvalue weighted by molar-refractivity contribution is -0.0556. The molecule has 0 spiro atoms. The average Bonchev–Trinajstić information content (AvgIpc) is 3.29. The molecule has 0 saturated carbocycles. The third-order valence-corrected chi connectivity index (χ3v) is 6.89. The van der Waals surface area contributed by atoms with Crippen molar-refractivity contribution in [2.45, 2.75) is 57.7 Å². The van der Waals surface area contributed by atoms with Crippen LogP contribution in [-0.2, 0) is 5.92 Å². The fraction of sp³-hybridized carbons (Fsp3) is 0.481. The summed E-state index contributed by atoms with van der Waals surface area (Å²) in [5.41, 5.74) is 1.10. The number of likely N-dealkylation sites (N-methyl/N-ethyl adjacent to an activating group) is 1. The van der Waals surface area contributed by atoms with Crippen LogP contribution in [0.25, 0.3) is 10.9 Å². The molecule has 2 aromatic carbocycles. The molecule has 36 heavy (non-hydrogen) atoms. The Morgan fingerprint density at radius 2 is 1.97 bits per heavy atom. The number of aliphatic hydroxyl groups excluding tert-OH is 1. The summed E-state index contributed by atoms with van der Waals surface area (Å²) >= 11 is 0. The second kappa shape index (κ2) is 10.5. The molecule has 0 amide bonds. The van der Waals surface area contributed by atoms with Gasteiger partial charge in [0, 0.05) is 29.1 Å². The van der Waals surface area contributed by atoms with Gasteiger partial charge in [-0.1, -0.05) is 18.2 Å². The SMILES string of the molecule is COc1cc2nc(C)nc(N[C@H](C)c3cccc(C(F)(F)CO)c3)c2cc1O[C@@H](C)[C@@H]1CCCN1C. The lowest BCUT2D eigenvalue weighted by Crippen LogP contribution is -2.38. The maximum atomic E-state index is 14.1. The van der Waals surface area contributed by atoms with E-state index in [1.807, 2.05) is 19.1 Å². The lowest BCUT2D eigenvalue weighted by atomic mass is 10.0. The highest BCUT2D eigenvalue weighted by Gasteiger charge is 2.31. The minimum atomic E-state index is -3.30. The number of hydrogen-bond acceptors (Lipinski definition) is 7. The smallest absolute Gasteiger partial charge is 0.295 e. The van der Waals surface area contributed by atoms with Crippen LogP contribution in [0.2, 0.25) is 0 Å². The monoisotopic (exact) mass is 500 g/mol. The van der Waals surface area contributed by atoms with Gasteiger partial charge in [0.05, 0.1) is 12.6 Å². The van der Waals surface area contributed by atoms with Gasteiger partial charge in [-0.15, -0.1) is 0 Å². The first-order valence-electron chi connectivity index (χ1n) is 12.2. The zero-order valence-corrected chi connectivity index (χ0v) is 21.4. The van der Waals surface area contributed by atoms with Crippen LogP contribution in [-0.4, -0.2) is 59.4 Å². The lowest BCUT2D eigenvalue weighted by Gasteiger charge is -2.27. The van der Waals surface area contributed by atoms with Crippen LogP contribution in [0.4, 0.5) is 14.6 Å². The van der Waals surface area contributed by atoms with E-state index in [1.165, 1.54) is 12.1 Å². The Hall–Kier alpha value is -3.04. The molecule has 9 heteroatoms. The van der Waals surface area contributed by atoms with Gasteiger partial charge in [-0.3, -0.25) is 4.90 Å². The van der Waals surface area contributed by atoms with E-state index in [9.17, 15) is 8.78 Å². The van der Waals surface area contributed by atoms with Crippen molar-refractivity contribution < 1.29 is 23.4 Å². The normalized spacial score (nSPS) is 18.3. The number of benzene rings is 2. The van der Waals surface area contributed by atoms with Gasteiger partial charge < -0.3 is 19.9 Å². The fourth-order valence-electron chi connectivity index (χ4n) is 4.84. The van der Waals surface area contributed by atoms with Crippen LogP contribution >= 0.6 is 0 Å². The molecule has 1 aliphatic rings. The van der Waals surface area contributed by atoms with Gasteiger partial charge in [0.15, 0.2) is 11.5 Å². The van der Waals surface area contributed by atoms with Crippen molar-refractivity contribution in [2.75, 3.05) is 32.6 Å². The summed E-state index contributed by atoms with van der Waals surface area (Å²) in [6, 6.07) is 9.75. The van der Waals surface area contributed by atoms with Gasteiger partial charge in [-0.2, -0.15) is 8.78 Å². The molecule has 0 radical (unpaired) electrons. The fourth-order valence-corrected chi connectivity index (χ4v) is 4.84. The number of rotatable bonds is 9. The van der Waals surface area contributed by atoms with Crippen molar-refractivity contribution in [3.05, 3.63) is 53.3 Å². The molecule has 1 saturated heterocycles. The second-order valence-electron chi connectivity index (χ2n) is 9.51. The summed E-state index contributed by atoms with van der Waals surface area (Å²) in [5.74, 6) is -0.977. The van der Waals surface area contributed by atoms with Gasteiger partial charge in [0.2, 0.25) is 0 Å². The van der Waals surface area contributed by atoms with E-state index in [2.05, 4.69) is 34.2 Å². The van der Waals surface area contributed by atoms with Crippen molar-refractivity contribution in [1.82, 2.24) is 14.9 Å². The molecule has 4 rings (SSSR count). The van der Waals surface area contributed by atoms with Gasteiger partial charge in [-0.25, -0.2) is 9.97 Å². The zero-order valence-electron chi connectivity index (χ0n) is 21.4. The molecule has 7 nitrogen and oxygen atoms in total. The Bertz CT molecular complexity index is 1220. The Morgan fingerprint density at radius 3 is 2.64 bits per heavy atom. The number of halogens is 2. The van der Waals surface area contributed by atoms with E-state index in [1.54, 1.807) is 26.2 Å². The van der Waals surface area contributed by atoms with E-state index >= 15 is 0 Å². The molecule has 0 unspecified atom stereocenters. The number of likely N-dealkylation sites (tertiary alicyclic amines) is 1. The first-order chi connectivity index (χ1) is 17.1. The van der Waals surface area contributed by atoms with Gasteiger partial charge >= 0.3 is 0 Å². The first-order valence-corrected chi connectivity index (χ1v) is 12.2. The van der Waals surface area contributed by atoms with E-state index in [4.69, 9.17) is 14.6 Å². The number of alkyl halides is 2. The van der Waals surface area contributed by atoms with E-state index < -0.39 is 12.5 Å². The number of aryl methyl sites for hydroxylation is 1. The van der Waals surface area contributed by atoms with Crippen LogP contribution in [0.15, 0.2) is 36.4 Å². The molecule has 3 aromatic rings. The molecule has 0 bridgehead atoms. The summed E-state index contributed by atoms with van der Waals surface area (Å²) in [6.45, 7) is 5.55. The Morgan fingerprint density at radius 1 is 1.19 bits per heavy atom. The predicted octanol–water partition coefficient (Wildman–Crippen LogP) is 5.07. The van der Waals surface area contributed by atoms with E-state index in [0.29, 0.717) is 40.3 Å². The molecule has 1 fully saturated rings. The molecule has 2 heterocycles. The molecular weight excluding hydrogens is 466 g/mol. The number of anilines is 1. The summed E-state index contributed by atoms with van der Waals surface area (Å²) in [5, 5.41) is 13.2. The standard InChI is InChI=1S/C27H34F2N4O3/c1-16(19-8-6-9-20(12-19)27(28,29)15-34)30-26-21-13-25(36-17(2)23-10-7-11-33(23)4)24(35-5)14-22(21)31-18(3)32-26/h6,8-9,12-14,16-17,23,34H,7,10-11,15H2,1-5H3,(H,30,31,32)/t16-,17+,23+/m1/s1. The van der Waals surface area contributed by atoms with Gasteiger partial charge in [0.25, 0.3) is 5.92 Å². The highest BCUT2D eigenvalue weighted by Crippen LogP contribution is 2.37. The first kappa shape index (κ1) is 26.0. The van der Waals surface area contributed by atoms with E-state index in [0.717, 1.165) is 24.8 Å². The number of aromatic nitrogens is 2. The number of methoxy groups -OCH3 is 1. The molecular formula is C27H34F2N4O3. The van der Waals surface area contributed by atoms with Crippen molar-refractivity contribution in [3.63, 3.8) is 0 Å². The third kappa shape index (κ3) is 5.37. The van der Waals surface area contributed by atoms with Gasteiger partial charge in [0.1, 0.15) is 24.4 Å². The number of nitrogens with zero attached hydrogens (tertiary/aromatic N) is 3. The molecule has 0 aliphatic carbocycles. The number of aliphatic hydroxyl groups is 1. The van der Waals surface area contributed by atoms with Crippen molar-refractivity contribution in [1.29, 1.82) is 0 Å². The molecule has 1 aromatic heterocycles. The maximum Gasteiger partial charge on any atom is 0.295 e. The van der Waals surface area contributed by atoms with Gasteiger partial charge in [-0.05, 0) is 64.9 Å². The Labute approximate surface area is 210 Å². The minimum Gasteiger partial charge on any atom is -0.493 e. The maximum absolute atomic E-state index is 14.1. The molecule has 1 aliphatic heterocycles. The zero-order chi connectivity index (χ0) is 26.0. The number of fused-ring (bicyclic) bond motifs is 1.